The largest absolute Gasteiger partial charge is 0.573 e. The van der Waals surface area contributed by atoms with Crippen LogP contribution in [0.1, 0.15) is 10.4 Å². The lowest BCUT2D eigenvalue weighted by atomic mass is 10.2. The molecule has 0 aliphatic heterocycles. The van der Waals surface area contributed by atoms with E-state index in [1.54, 1.807) is 18.2 Å². The van der Waals surface area contributed by atoms with Gasteiger partial charge < -0.3 is 14.7 Å². The number of carboxylic acid groups (broad SMARTS) is 1. The molecule has 0 bridgehead atoms. The topological polar surface area (TPSA) is 93.1 Å². The van der Waals surface area contributed by atoms with Crippen molar-refractivity contribution in [3.8, 4) is 11.5 Å². The first-order valence-electron chi connectivity index (χ1n) is 8.54. The first-order chi connectivity index (χ1) is 14.6. The van der Waals surface area contributed by atoms with Gasteiger partial charge in [-0.2, -0.15) is 8.42 Å². The quantitative estimate of drug-likeness (QED) is 0.531. The van der Waals surface area contributed by atoms with Gasteiger partial charge in [-0.05, 0) is 60.7 Å². The summed E-state index contributed by atoms with van der Waals surface area (Å²) in [5.41, 5.74) is 0.00631. The highest BCUT2D eigenvalue weighted by molar-refractivity contribution is 7.92. The van der Waals surface area contributed by atoms with Crippen LogP contribution in [0.5, 0.6) is 11.5 Å². The number of hydrogen-bond donors (Lipinski definition) is 1. The first-order valence-corrected chi connectivity index (χ1v) is 9.98. The summed E-state index contributed by atoms with van der Waals surface area (Å²) in [6.45, 7) is 0. The van der Waals surface area contributed by atoms with Gasteiger partial charge in [0.1, 0.15) is 5.75 Å². The number of rotatable bonds is 7. The third kappa shape index (κ3) is 5.45. The van der Waals surface area contributed by atoms with Crippen LogP contribution in [-0.2, 0) is 10.0 Å². The summed E-state index contributed by atoms with van der Waals surface area (Å²) in [4.78, 5) is 16.2. The minimum atomic E-state index is -4.87. The van der Waals surface area contributed by atoms with Crippen molar-refractivity contribution in [2.75, 3.05) is 4.47 Å². The molecule has 0 saturated carbocycles. The van der Waals surface area contributed by atoms with Gasteiger partial charge >= 0.3 is 12.3 Å². The van der Waals surface area contributed by atoms with Gasteiger partial charge in [0.25, 0.3) is 10.0 Å². The van der Waals surface area contributed by atoms with Crippen molar-refractivity contribution in [3.05, 3.63) is 84.4 Å². The number of anilines is 1. The molecule has 31 heavy (non-hydrogen) atoms. The van der Waals surface area contributed by atoms with Crippen LogP contribution in [0.2, 0.25) is 0 Å². The lowest BCUT2D eigenvalue weighted by Gasteiger charge is -2.24. The summed E-state index contributed by atoms with van der Waals surface area (Å²) in [6.07, 6.45) is -4.87. The van der Waals surface area contributed by atoms with E-state index in [1.807, 2.05) is 0 Å². The Kier molecular flexibility index (Phi) is 6.07. The van der Waals surface area contributed by atoms with Crippen LogP contribution < -0.4 is 14.0 Å². The summed E-state index contributed by atoms with van der Waals surface area (Å²) in [7, 11) is -4.33. The summed E-state index contributed by atoms with van der Waals surface area (Å²) in [5.74, 6) is -1.80. The summed E-state index contributed by atoms with van der Waals surface area (Å²) >= 11 is 0. The highest BCUT2D eigenvalue weighted by Gasteiger charge is 2.31. The van der Waals surface area contributed by atoms with E-state index in [1.165, 1.54) is 12.1 Å². The number of sulfonamides is 1. The zero-order chi connectivity index (χ0) is 22.6. The Morgan fingerprint density at radius 1 is 0.839 bits per heavy atom. The van der Waals surface area contributed by atoms with Crippen molar-refractivity contribution in [3.63, 3.8) is 0 Å². The Balaban J connectivity index is 1.94. The summed E-state index contributed by atoms with van der Waals surface area (Å²) < 4.78 is 67.6. The smallest absolute Gasteiger partial charge is 0.478 e. The number of aromatic carboxylic acids is 1. The maximum atomic E-state index is 13.2. The second-order valence-electron chi connectivity index (χ2n) is 6.01. The molecule has 0 aromatic heterocycles. The standard InChI is InChI=1S/C20H14F3NO6S/c21-20(22,23)29-16-8-10-17(11-9-16)30-24(15-4-2-1-3-5-15)31(27,28)18-12-6-14(7-13-18)19(25)26/h1-13H,(H,25,26). The Bertz CT molecular complexity index is 1150. The fraction of sp³-hybridized carbons (Fsp3) is 0.0500. The molecule has 0 aliphatic rings. The lowest BCUT2D eigenvalue weighted by Crippen LogP contribution is -2.34. The molecule has 0 amide bonds. The van der Waals surface area contributed by atoms with E-state index >= 15 is 0 Å². The van der Waals surface area contributed by atoms with E-state index in [0.29, 0.717) is 4.47 Å². The number of nitrogens with zero attached hydrogens (tertiary/aromatic N) is 1. The molecule has 0 fully saturated rings. The molecule has 0 spiro atoms. The van der Waals surface area contributed by atoms with Crippen LogP contribution in [0.3, 0.4) is 0 Å². The molecule has 0 unspecified atom stereocenters. The van der Waals surface area contributed by atoms with Crippen molar-refractivity contribution in [1.29, 1.82) is 0 Å². The van der Waals surface area contributed by atoms with Crippen LogP contribution in [0.15, 0.2) is 83.8 Å². The van der Waals surface area contributed by atoms with Crippen LogP contribution in [0, 0.1) is 0 Å². The maximum absolute atomic E-state index is 13.2. The van der Waals surface area contributed by atoms with Crippen molar-refractivity contribution < 1.29 is 41.1 Å². The van der Waals surface area contributed by atoms with E-state index in [2.05, 4.69) is 4.74 Å². The predicted octanol–water partition coefficient (Wildman–Crippen LogP) is 4.47. The molecule has 0 radical (unpaired) electrons. The van der Waals surface area contributed by atoms with Gasteiger partial charge in [0.2, 0.25) is 0 Å². The highest BCUT2D eigenvalue weighted by Crippen LogP contribution is 2.29. The van der Waals surface area contributed by atoms with Crippen LogP contribution in [0.4, 0.5) is 18.9 Å². The van der Waals surface area contributed by atoms with E-state index < -0.39 is 28.1 Å². The molecule has 0 saturated heterocycles. The third-order valence-electron chi connectivity index (χ3n) is 3.83. The van der Waals surface area contributed by atoms with Gasteiger partial charge in [0.15, 0.2) is 5.75 Å². The number of carboxylic acids is 1. The van der Waals surface area contributed by atoms with Crippen LogP contribution in [0.25, 0.3) is 0 Å². The Morgan fingerprint density at radius 2 is 1.39 bits per heavy atom. The fourth-order valence-corrected chi connectivity index (χ4v) is 3.71. The number of benzene rings is 3. The first kappa shape index (κ1) is 22.0. The predicted molar refractivity (Wildman–Crippen MR) is 103 cm³/mol. The zero-order valence-electron chi connectivity index (χ0n) is 15.5. The van der Waals surface area contributed by atoms with Gasteiger partial charge in [-0.15, -0.1) is 13.2 Å². The highest BCUT2D eigenvalue weighted by atomic mass is 32.2. The molecule has 3 aromatic carbocycles. The molecule has 0 atom stereocenters. The van der Waals surface area contributed by atoms with Gasteiger partial charge in [-0.25, -0.2) is 4.79 Å². The Morgan fingerprint density at radius 3 is 1.90 bits per heavy atom. The number of halogens is 3. The molecule has 3 aromatic rings. The molecule has 7 nitrogen and oxygen atoms in total. The van der Waals surface area contributed by atoms with Crippen molar-refractivity contribution >= 4 is 21.7 Å². The fourth-order valence-electron chi connectivity index (χ4n) is 2.45. The zero-order valence-corrected chi connectivity index (χ0v) is 16.3. The number of para-hydroxylation sites is 1. The number of alkyl halides is 3. The Hall–Kier alpha value is -3.73. The van der Waals surface area contributed by atoms with Crippen LogP contribution in [-0.4, -0.2) is 25.9 Å². The average Bonchev–Trinajstić information content (AvgIpc) is 2.72. The summed E-state index contributed by atoms with van der Waals surface area (Å²) in [6, 6.07) is 16.3. The minimum absolute atomic E-state index is 0.0795. The molecule has 3 rings (SSSR count). The third-order valence-corrected chi connectivity index (χ3v) is 5.42. The van der Waals surface area contributed by atoms with Gasteiger partial charge in [-0.3, -0.25) is 0 Å². The number of carbonyl (C=O) groups is 1. The van der Waals surface area contributed by atoms with Gasteiger partial charge in [0, 0.05) is 0 Å². The molecule has 1 N–H and O–H groups in total. The average molecular weight is 453 g/mol. The molecule has 11 heteroatoms. The molecular weight excluding hydrogens is 439 g/mol. The van der Waals surface area contributed by atoms with Crippen molar-refractivity contribution in [2.45, 2.75) is 11.3 Å². The number of hydrogen-bond acceptors (Lipinski definition) is 5. The minimum Gasteiger partial charge on any atom is -0.478 e. The monoisotopic (exact) mass is 453 g/mol. The second kappa shape index (κ2) is 8.56. The van der Waals surface area contributed by atoms with E-state index in [-0.39, 0.29) is 21.9 Å². The van der Waals surface area contributed by atoms with E-state index in [0.717, 1.165) is 48.5 Å². The molecule has 0 aliphatic carbocycles. The lowest BCUT2D eigenvalue weighted by molar-refractivity contribution is -0.274. The van der Waals surface area contributed by atoms with Gasteiger partial charge in [0.05, 0.1) is 16.1 Å². The molecule has 162 valence electrons. The summed E-state index contributed by atoms with van der Waals surface area (Å²) in [5, 5.41) is 8.99. The van der Waals surface area contributed by atoms with E-state index in [4.69, 9.17) is 9.94 Å². The van der Waals surface area contributed by atoms with Crippen LogP contribution >= 0.6 is 0 Å². The molecular formula is C20H14F3NO6S. The number of ether oxygens (including phenoxy) is 1. The Labute approximate surface area is 174 Å². The molecule has 0 heterocycles. The normalized spacial score (nSPS) is 11.6. The van der Waals surface area contributed by atoms with Crippen molar-refractivity contribution in [2.24, 2.45) is 0 Å². The maximum Gasteiger partial charge on any atom is 0.573 e. The SMILES string of the molecule is O=C(O)c1ccc(S(=O)(=O)N(Oc2ccc(OC(F)(F)F)cc2)c2ccccc2)cc1. The van der Waals surface area contributed by atoms with Crippen molar-refractivity contribution in [1.82, 2.24) is 0 Å². The second-order valence-corrected chi connectivity index (χ2v) is 7.76. The van der Waals surface area contributed by atoms with Gasteiger partial charge in [-0.1, -0.05) is 22.7 Å². The van der Waals surface area contributed by atoms with E-state index in [9.17, 15) is 26.4 Å².